The van der Waals surface area contributed by atoms with Crippen molar-refractivity contribution < 1.29 is 0 Å². The number of nitrogens with two attached hydrogens (primary N) is 1. The molecule has 0 spiro atoms. The molecule has 0 aliphatic rings. The summed E-state index contributed by atoms with van der Waals surface area (Å²) in [7, 11) is 4.09. The average molecular weight is 289 g/mol. The first kappa shape index (κ1) is 14.9. The summed E-state index contributed by atoms with van der Waals surface area (Å²) in [4.78, 5) is 2.10. The Morgan fingerprint density at radius 2 is 1.70 bits per heavy atom. The van der Waals surface area contributed by atoms with Gasteiger partial charge in [-0.25, -0.2) is 0 Å². The summed E-state index contributed by atoms with van der Waals surface area (Å²) in [6.45, 7) is 0.596. The number of rotatable bonds is 5. The first-order valence-electron chi connectivity index (χ1n) is 6.82. The highest BCUT2D eigenvalue weighted by atomic mass is 35.5. The van der Waals surface area contributed by atoms with E-state index in [-0.39, 0.29) is 5.92 Å². The minimum absolute atomic E-state index is 0.258. The standard InChI is InChI=1S/C17H21ClN2/c1-20(2)15-9-7-13(8-10-15)11-14(12-19)16-5-3-4-6-17(16)18/h3-10,14H,11-12,19H2,1-2H3. The molecule has 0 amide bonds. The molecule has 0 fully saturated rings. The van der Waals surface area contributed by atoms with Gasteiger partial charge in [-0.15, -0.1) is 0 Å². The van der Waals surface area contributed by atoms with E-state index in [1.807, 2.05) is 32.3 Å². The van der Waals surface area contributed by atoms with Crippen molar-refractivity contribution in [3.8, 4) is 0 Å². The van der Waals surface area contributed by atoms with Crippen LogP contribution in [0.25, 0.3) is 0 Å². The van der Waals surface area contributed by atoms with Crippen molar-refractivity contribution >= 4 is 17.3 Å². The molecule has 106 valence electrons. The molecule has 2 N–H and O–H groups in total. The van der Waals surface area contributed by atoms with Crippen molar-refractivity contribution in [1.82, 2.24) is 0 Å². The van der Waals surface area contributed by atoms with Crippen molar-refractivity contribution in [2.75, 3.05) is 25.5 Å². The molecule has 3 heteroatoms. The smallest absolute Gasteiger partial charge is 0.0441 e. The second-order valence-corrected chi connectivity index (χ2v) is 5.63. The van der Waals surface area contributed by atoms with Crippen LogP contribution >= 0.6 is 11.6 Å². The Balaban J connectivity index is 2.16. The van der Waals surface area contributed by atoms with Crippen LogP contribution in [0.1, 0.15) is 17.0 Å². The first-order valence-corrected chi connectivity index (χ1v) is 7.20. The zero-order valence-corrected chi connectivity index (χ0v) is 12.8. The van der Waals surface area contributed by atoms with Gasteiger partial charge in [0.25, 0.3) is 0 Å². The fourth-order valence-corrected chi connectivity index (χ4v) is 2.63. The van der Waals surface area contributed by atoms with Crippen LogP contribution < -0.4 is 10.6 Å². The summed E-state index contributed by atoms with van der Waals surface area (Å²) in [6.07, 6.45) is 0.911. The minimum Gasteiger partial charge on any atom is -0.378 e. The lowest BCUT2D eigenvalue weighted by Crippen LogP contribution is -2.15. The topological polar surface area (TPSA) is 29.3 Å². The van der Waals surface area contributed by atoms with E-state index in [0.717, 1.165) is 17.0 Å². The number of nitrogens with zero attached hydrogens (tertiary/aromatic N) is 1. The van der Waals surface area contributed by atoms with Crippen molar-refractivity contribution in [1.29, 1.82) is 0 Å². The maximum absolute atomic E-state index is 6.27. The number of anilines is 1. The van der Waals surface area contributed by atoms with Crippen LogP contribution in [0.5, 0.6) is 0 Å². The second kappa shape index (κ2) is 6.78. The van der Waals surface area contributed by atoms with Crippen molar-refractivity contribution in [3.63, 3.8) is 0 Å². The highest BCUT2D eigenvalue weighted by Crippen LogP contribution is 2.27. The molecule has 0 saturated heterocycles. The molecular weight excluding hydrogens is 268 g/mol. The molecule has 0 radical (unpaired) electrons. The van der Waals surface area contributed by atoms with E-state index in [1.165, 1.54) is 11.3 Å². The summed E-state index contributed by atoms with van der Waals surface area (Å²) >= 11 is 6.27. The van der Waals surface area contributed by atoms with Crippen LogP contribution in [-0.2, 0) is 6.42 Å². The molecule has 1 unspecified atom stereocenters. The lowest BCUT2D eigenvalue weighted by atomic mass is 9.92. The largest absolute Gasteiger partial charge is 0.378 e. The van der Waals surface area contributed by atoms with Crippen LogP contribution in [0.3, 0.4) is 0 Å². The van der Waals surface area contributed by atoms with Gasteiger partial charge in [-0.3, -0.25) is 0 Å². The predicted octanol–water partition coefficient (Wildman–Crippen LogP) is 3.69. The van der Waals surface area contributed by atoms with Crippen LogP contribution in [-0.4, -0.2) is 20.6 Å². The van der Waals surface area contributed by atoms with Gasteiger partial charge < -0.3 is 10.6 Å². The zero-order chi connectivity index (χ0) is 14.5. The maximum Gasteiger partial charge on any atom is 0.0441 e. The van der Waals surface area contributed by atoms with E-state index in [4.69, 9.17) is 17.3 Å². The van der Waals surface area contributed by atoms with Crippen molar-refractivity contribution in [2.24, 2.45) is 5.73 Å². The van der Waals surface area contributed by atoms with Gasteiger partial charge >= 0.3 is 0 Å². The van der Waals surface area contributed by atoms with Gasteiger partial charge in [0.2, 0.25) is 0 Å². The zero-order valence-electron chi connectivity index (χ0n) is 12.0. The van der Waals surface area contributed by atoms with Gasteiger partial charge in [0.1, 0.15) is 0 Å². The van der Waals surface area contributed by atoms with Crippen LogP contribution in [0.15, 0.2) is 48.5 Å². The number of halogens is 1. The summed E-state index contributed by atoms with van der Waals surface area (Å²) in [5.41, 5.74) is 9.55. The molecule has 0 heterocycles. The van der Waals surface area contributed by atoms with Gasteiger partial charge in [0, 0.05) is 30.7 Å². The molecule has 0 bridgehead atoms. The Kier molecular flexibility index (Phi) is 5.05. The molecule has 0 saturated carbocycles. The van der Waals surface area contributed by atoms with E-state index in [0.29, 0.717) is 6.54 Å². The molecule has 2 rings (SSSR count). The Hall–Kier alpha value is -1.51. The van der Waals surface area contributed by atoms with Crippen molar-refractivity contribution in [3.05, 3.63) is 64.7 Å². The van der Waals surface area contributed by atoms with Gasteiger partial charge in [-0.2, -0.15) is 0 Å². The molecule has 0 aliphatic carbocycles. The molecule has 0 aliphatic heterocycles. The highest BCUT2D eigenvalue weighted by molar-refractivity contribution is 6.31. The van der Waals surface area contributed by atoms with Crippen LogP contribution in [0.2, 0.25) is 5.02 Å². The first-order chi connectivity index (χ1) is 9.61. The fourth-order valence-electron chi connectivity index (χ4n) is 2.34. The summed E-state index contributed by atoms with van der Waals surface area (Å²) < 4.78 is 0. The quantitative estimate of drug-likeness (QED) is 0.909. The number of hydrogen-bond donors (Lipinski definition) is 1. The van der Waals surface area contributed by atoms with E-state index in [2.05, 4.69) is 35.2 Å². The van der Waals surface area contributed by atoms with Crippen molar-refractivity contribution in [2.45, 2.75) is 12.3 Å². The molecule has 20 heavy (non-hydrogen) atoms. The predicted molar refractivity (Wildman–Crippen MR) is 87.7 cm³/mol. The summed E-state index contributed by atoms with van der Waals surface area (Å²) in [5, 5.41) is 0.799. The molecule has 2 aromatic carbocycles. The number of hydrogen-bond acceptors (Lipinski definition) is 2. The van der Waals surface area contributed by atoms with Gasteiger partial charge in [0.05, 0.1) is 0 Å². The summed E-state index contributed by atoms with van der Waals surface area (Å²) in [6, 6.07) is 16.5. The van der Waals surface area contributed by atoms with E-state index in [1.54, 1.807) is 0 Å². The third kappa shape index (κ3) is 3.53. The van der Waals surface area contributed by atoms with Gasteiger partial charge in [0.15, 0.2) is 0 Å². The maximum atomic E-state index is 6.27. The highest BCUT2D eigenvalue weighted by Gasteiger charge is 2.13. The lowest BCUT2D eigenvalue weighted by molar-refractivity contribution is 0.694. The number of benzene rings is 2. The molecular formula is C17H21ClN2. The van der Waals surface area contributed by atoms with Gasteiger partial charge in [-0.1, -0.05) is 41.9 Å². The fraction of sp³-hybridized carbons (Fsp3) is 0.294. The molecule has 0 aromatic heterocycles. The normalized spacial score (nSPS) is 12.2. The molecule has 2 nitrogen and oxygen atoms in total. The summed E-state index contributed by atoms with van der Waals surface area (Å²) in [5.74, 6) is 0.258. The Labute approximate surface area is 126 Å². The molecule has 2 aromatic rings. The van der Waals surface area contributed by atoms with Crippen LogP contribution in [0.4, 0.5) is 5.69 Å². The SMILES string of the molecule is CN(C)c1ccc(CC(CN)c2ccccc2Cl)cc1. The average Bonchev–Trinajstić information content (AvgIpc) is 2.46. The van der Waals surface area contributed by atoms with E-state index >= 15 is 0 Å². The third-order valence-electron chi connectivity index (χ3n) is 3.56. The Morgan fingerprint density at radius 3 is 2.25 bits per heavy atom. The van der Waals surface area contributed by atoms with Gasteiger partial charge in [-0.05, 0) is 42.3 Å². The second-order valence-electron chi connectivity index (χ2n) is 5.22. The molecule has 1 atom stereocenters. The van der Waals surface area contributed by atoms with E-state index < -0.39 is 0 Å². The lowest BCUT2D eigenvalue weighted by Gasteiger charge is -2.18. The minimum atomic E-state index is 0.258. The van der Waals surface area contributed by atoms with E-state index in [9.17, 15) is 0 Å². The Morgan fingerprint density at radius 1 is 1.05 bits per heavy atom. The third-order valence-corrected chi connectivity index (χ3v) is 3.91. The Bertz CT molecular complexity index is 549. The monoisotopic (exact) mass is 288 g/mol. The van der Waals surface area contributed by atoms with Crippen LogP contribution in [0, 0.1) is 0 Å².